The molecule has 1 N–H and O–H groups in total. The maximum absolute atomic E-state index is 13.0. The number of carbonyl (C=O) groups is 2. The minimum Gasteiger partial charge on any atom is -0.385 e. The van der Waals surface area contributed by atoms with E-state index in [0.717, 1.165) is 18.2 Å². The van der Waals surface area contributed by atoms with Crippen molar-refractivity contribution >= 4 is 23.8 Å². The largest absolute Gasteiger partial charge is 0.385 e. The van der Waals surface area contributed by atoms with Crippen LogP contribution in [0.25, 0.3) is 0 Å². The van der Waals surface area contributed by atoms with E-state index in [1.54, 1.807) is 17.2 Å². The van der Waals surface area contributed by atoms with Gasteiger partial charge in [0.05, 0.1) is 11.6 Å². The topological polar surface area (TPSA) is 62.3 Å². The first-order valence-electron chi connectivity index (χ1n) is 8.13. The van der Waals surface area contributed by atoms with E-state index in [-0.39, 0.29) is 17.5 Å². The molecule has 1 amide bonds. The fourth-order valence-corrected chi connectivity index (χ4v) is 2.84. The number of allylic oxidation sites excluding steroid dienone is 1. The molecule has 8 heteroatoms. The van der Waals surface area contributed by atoms with Gasteiger partial charge in [-0.05, 0) is 24.1 Å². The Kier molecular flexibility index (Phi) is 6.47. The number of pyridine rings is 1. The highest BCUT2D eigenvalue weighted by molar-refractivity contribution is 6.38. The first kappa shape index (κ1) is 20.0. The highest BCUT2D eigenvalue weighted by Gasteiger charge is 2.29. The summed E-state index contributed by atoms with van der Waals surface area (Å²) in [5.41, 5.74) is 2.76. The molecule has 1 aromatic rings. The second-order valence-corrected chi connectivity index (χ2v) is 6.55. The lowest BCUT2D eigenvalue weighted by atomic mass is 10.1. The molecule has 140 valence electrons. The molecule has 2 rings (SSSR count). The number of rotatable bonds is 8. The number of aromatic nitrogens is 1. The van der Waals surface area contributed by atoms with Crippen LogP contribution >= 0.6 is 11.6 Å². The zero-order valence-corrected chi connectivity index (χ0v) is 15.3. The number of nitrogens with one attached hydrogen (secondary N) is 1. The van der Waals surface area contributed by atoms with Crippen molar-refractivity contribution in [2.24, 2.45) is 0 Å². The number of carbonyl (C=O) groups excluding carboxylic acids is 2. The van der Waals surface area contributed by atoms with Crippen molar-refractivity contribution in [2.45, 2.75) is 32.7 Å². The molecular formula is C18H20ClF2N3O2. The second kappa shape index (κ2) is 8.40. The summed E-state index contributed by atoms with van der Waals surface area (Å²) in [5.74, 6) is -3.05. The van der Waals surface area contributed by atoms with Gasteiger partial charge in [0.25, 0.3) is 11.8 Å². The molecule has 0 atom stereocenters. The molecule has 1 aliphatic heterocycles. The van der Waals surface area contributed by atoms with Gasteiger partial charge in [-0.25, -0.2) is 8.78 Å². The molecule has 0 radical (unpaired) electrons. The van der Waals surface area contributed by atoms with E-state index in [1.165, 1.54) is 12.3 Å². The van der Waals surface area contributed by atoms with E-state index in [2.05, 4.69) is 10.3 Å². The molecule has 1 aliphatic rings. The van der Waals surface area contributed by atoms with Gasteiger partial charge in [0, 0.05) is 49.2 Å². The number of amides is 1. The molecule has 0 aliphatic carbocycles. The lowest BCUT2D eigenvalue weighted by Crippen LogP contribution is -2.29. The average molecular weight is 384 g/mol. The van der Waals surface area contributed by atoms with Crippen molar-refractivity contribution in [2.75, 3.05) is 13.1 Å². The molecule has 0 fully saturated rings. The standard InChI is InChI=1S/C18H20ClF2N3O2/c1-3-16-15-9-24(17(26)14(15)4-5-23-16)8-12(6-13(19)10-25)7-22-11-18(2,20)21/h4-7,10,22H,3,8-9,11H2,1-2H3. The quantitative estimate of drug-likeness (QED) is 0.426. The summed E-state index contributed by atoms with van der Waals surface area (Å²) in [4.78, 5) is 29.2. The fraction of sp³-hybridized carbons (Fsp3) is 0.389. The van der Waals surface area contributed by atoms with Gasteiger partial charge in [-0.3, -0.25) is 14.6 Å². The molecule has 0 aromatic carbocycles. The molecule has 2 heterocycles. The summed E-state index contributed by atoms with van der Waals surface area (Å²) < 4.78 is 25.9. The van der Waals surface area contributed by atoms with Crippen molar-refractivity contribution in [3.05, 3.63) is 52.0 Å². The molecule has 0 bridgehead atoms. The number of nitrogens with zero attached hydrogens (tertiary/aromatic N) is 2. The minimum absolute atomic E-state index is 0.0821. The Morgan fingerprint density at radius 2 is 2.23 bits per heavy atom. The number of halogens is 3. The zero-order chi connectivity index (χ0) is 19.3. The van der Waals surface area contributed by atoms with E-state index in [1.807, 2.05) is 6.92 Å². The van der Waals surface area contributed by atoms with Crippen LogP contribution in [0.3, 0.4) is 0 Å². The highest BCUT2D eigenvalue weighted by atomic mass is 35.5. The fourth-order valence-electron chi connectivity index (χ4n) is 2.70. The molecule has 5 nitrogen and oxygen atoms in total. The average Bonchev–Trinajstić information content (AvgIpc) is 2.89. The first-order chi connectivity index (χ1) is 12.2. The third-order valence-electron chi connectivity index (χ3n) is 3.86. The lowest BCUT2D eigenvalue weighted by molar-refractivity contribution is -0.104. The Morgan fingerprint density at radius 1 is 1.50 bits per heavy atom. The molecule has 0 spiro atoms. The number of aldehydes is 1. The van der Waals surface area contributed by atoms with Gasteiger partial charge in [-0.2, -0.15) is 0 Å². The van der Waals surface area contributed by atoms with Crippen LogP contribution in [0.1, 0.15) is 35.5 Å². The van der Waals surface area contributed by atoms with Gasteiger partial charge in [0.2, 0.25) is 0 Å². The second-order valence-electron chi connectivity index (χ2n) is 6.12. The Labute approximate surface area is 155 Å². The maximum Gasteiger partial charge on any atom is 0.262 e. The monoisotopic (exact) mass is 383 g/mol. The van der Waals surface area contributed by atoms with Gasteiger partial charge in [0.1, 0.15) is 0 Å². The van der Waals surface area contributed by atoms with Crippen molar-refractivity contribution in [1.29, 1.82) is 0 Å². The minimum atomic E-state index is -2.89. The summed E-state index contributed by atoms with van der Waals surface area (Å²) in [6.07, 6.45) is 5.45. The van der Waals surface area contributed by atoms with Gasteiger partial charge in [0.15, 0.2) is 6.29 Å². The Morgan fingerprint density at radius 3 is 2.85 bits per heavy atom. The van der Waals surface area contributed by atoms with Crippen LogP contribution < -0.4 is 5.32 Å². The van der Waals surface area contributed by atoms with Crippen molar-refractivity contribution in [1.82, 2.24) is 15.2 Å². The number of alkyl halides is 2. The normalized spacial score (nSPS) is 15.3. The van der Waals surface area contributed by atoms with Crippen LogP contribution in [-0.2, 0) is 17.8 Å². The summed E-state index contributed by atoms with van der Waals surface area (Å²) in [5, 5.41) is 2.42. The zero-order valence-electron chi connectivity index (χ0n) is 14.6. The molecule has 1 aromatic heterocycles. The Balaban J connectivity index is 2.19. The van der Waals surface area contributed by atoms with Gasteiger partial charge >= 0.3 is 0 Å². The molecule has 0 saturated carbocycles. The Hall–Kier alpha value is -2.28. The number of fused-ring (bicyclic) bond motifs is 1. The maximum atomic E-state index is 13.0. The van der Waals surface area contributed by atoms with E-state index in [4.69, 9.17) is 11.6 Å². The smallest absolute Gasteiger partial charge is 0.262 e. The van der Waals surface area contributed by atoms with E-state index < -0.39 is 12.5 Å². The van der Waals surface area contributed by atoms with Crippen LogP contribution in [0, 0.1) is 0 Å². The number of hydrogen-bond donors (Lipinski definition) is 1. The Bertz CT molecular complexity index is 757. The van der Waals surface area contributed by atoms with Gasteiger partial charge < -0.3 is 10.2 Å². The third-order valence-corrected chi connectivity index (χ3v) is 4.05. The van der Waals surface area contributed by atoms with Gasteiger partial charge in [-0.1, -0.05) is 18.5 Å². The summed E-state index contributed by atoms with van der Waals surface area (Å²) in [6, 6.07) is 1.67. The lowest BCUT2D eigenvalue weighted by Gasteiger charge is -2.17. The molecular weight excluding hydrogens is 364 g/mol. The first-order valence-corrected chi connectivity index (χ1v) is 8.51. The predicted molar refractivity (Wildman–Crippen MR) is 95.1 cm³/mol. The van der Waals surface area contributed by atoms with Gasteiger partial charge in [-0.15, -0.1) is 0 Å². The SMILES string of the molecule is CCc1nccc2c1CN(CC(C=C(Cl)C=O)=CNCC(C)(F)F)C2=O. The molecule has 26 heavy (non-hydrogen) atoms. The predicted octanol–water partition coefficient (Wildman–Crippen LogP) is 3.05. The molecule has 0 unspecified atom stereocenters. The van der Waals surface area contributed by atoms with Crippen LogP contribution in [-0.4, -0.2) is 41.1 Å². The van der Waals surface area contributed by atoms with Crippen molar-refractivity contribution in [3.63, 3.8) is 0 Å². The van der Waals surface area contributed by atoms with Crippen molar-refractivity contribution < 1.29 is 18.4 Å². The van der Waals surface area contributed by atoms with Crippen LogP contribution in [0.4, 0.5) is 8.78 Å². The number of aryl methyl sites for hydroxylation is 1. The summed E-state index contributed by atoms with van der Waals surface area (Å²) in [7, 11) is 0. The van der Waals surface area contributed by atoms with E-state index in [9.17, 15) is 18.4 Å². The van der Waals surface area contributed by atoms with E-state index in [0.29, 0.717) is 30.4 Å². The summed E-state index contributed by atoms with van der Waals surface area (Å²) >= 11 is 5.75. The van der Waals surface area contributed by atoms with Crippen LogP contribution in [0.2, 0.25) is 0 Å². The third kappa shape index (κ3) is 5.11. The van der Waals surface area contributed by atoms with Crippen molar-refractivity contribution in [3.8, 4) is 0 Å². The van der Waals surface area contributed by atoms with Crippen LogP contribution in [0.5, 0.6) is 0 Å². The van der Waals surface area contributed by atoms with E-state index >= 15 is 0 Å². The summed E-state index contributed by atoms with van der Waals surface area (Å²) in [6.45, 7) is 2.69. The molecule has 0 saturated heterocycles. The van der Waals surface area contributed by atoms with Crippen LogP contribution in [0.15, 0.2) is 35.1 Å². The highest BCUT2D eigenvalue weighted by Crippen LogP contribution is 2.26. The number of hydrogen-bond acceptors (Lipinski definition) is 4.